The van der Waals surface area contributed by atoms with Crippen LogP contribution in [-0.4, -0.2) is 76.8 Å². The number of nitrogens with zero attached hydrogens (tertiary/aromatic N) is 3. The van der Waals surface area contributed by atoms with Gasteiger partial charge in [-0.05, 0) is 81.5 Å². The first kappa shape index (κ1) is 27.9. The van der Waals surface area contributed by atoms with Crippen molar-refractivity contribution in [2.45, 2.75) is 45.1 Å². The zero-order valence-electron chi connectivity index (χ0n) is 22.9. The fraction of sp³-hybridized carbons (Fsp3) is 0.367. The third-order valence-electron chi connectivity index (χ3n) is 7.33. The van der Waals surface area contributed by atoms with Crippen LogP contribution in [0.3, 0.4) is 0 Å². The predicted octanol–water partition coefficient (Wildman–Crippen LogP) is 3.64. The summed E-state index contributed by atoms with van der Waals surface area (Å²) >= 11 is 0. The number of aromatic carboxylic acids is 1. The van der Waals surface area contributed by atoms with Crippen LogP contribution < -0.4 is 10.6 Å². The maximum absolute atomic E-state index is 13.6. The highest BCUT2D eigenvalue weighted by molar-refractivity contribution is 6.11. The Labute approximate surface area is 237 Å². The number of carboxylic acid groups (broad SMARTS) is 1. The number of furan rings is 1. The fourth-order valence-electron chi connectivity index (χ4n) is 5.21. The van der Waals surface area contributed by atoms with Crippen LogP contribution in [0.1, 0.15) is 58.6 Å². The summed E-state index contributed by atoms with van der Waals surface area (Å²) in [5, 5.41) is 16.0. The van der Waals surface area contributed by atoms with Gasteiger partial charge in [-0.2, -0.15) is 0 Å². The first-order valence-corrected chi connectivity index (χ1v) is 13.8. The van der Waals surface area contributed by atoms with Gasteiger partial charge < -0.3 is 24.6 Å². The van der Waals surface area contributed by atoms with Crippen LogP contribution in [0.5, 0.6) is 0 Å². The molecule has 214 valence electrons. The second kappa shape index (κ2) is 12.2. The van der Waals surface area contributed by atoms with E-state index >= 15 is 0 Å². The van der Waals surface area contributed by atoms with E-state index in [1.807, 2.05) is 19.1 Å². The lowest BCUT2D eigenvalue weighted by molar-refractivity contribution is -0.140. The van der Waals surface area contributed by atoms with Crippen molar-refractivity contribution in [3.05, 3.63) is 65.4 Å². The summed E-state index contributed by atoms with van der Waals surface area (Å²) in [5.41, 5.74) is 1.42. The summed E-state index contributed by atoms with van der Waals surface area (Å²) in [7, 11) is 0. The number of guanidine groups is 1. The molecule has 1 aromatic heterocycles. The number of fused-ring (bicyclic) bond motifs is 1. The minimum atomic E-state index is -1.15. The summed E-state index contributed by atoms with van der Waals surface area (Å²) < 4.78 is 5.65. The Morgan fingerprint density at radius 2 is 1.76 bits per heavy atom. The van der Waals surface area contributed by atoms with Crippen molar-refractivity contribution >= 4 is 46.3 Å². The van der Waals surface area contributed by atoms with Crippen LogP contribution in [0.4, 0.5) is 5.69 Å². The molecule has 41 heavy (non-hydrogen) atoms. The molecule has 0 spiro atoms. The number of amides is 3. The van der Waals surface area contributed by atoms with E-state index in [0.29, 0.717) is 37.3 Å². The van der Waals surface area contributed by atoms with Gasteiger partial charge in [-0.25, -0.2) is 9.79 Å². The predicted molar refractivity (Wildman–Crippen MR) is 153 cm³/mol. The second-order valence-electron chi connectivity index (χ2n) is 10.4. The number of carbonyl (C=O) groups excluding carboxylic acids is 3. The van der Waals surface area contributed by atoms with Gasteiger partial charge in [0.15, 0.2) is 0 Å². The number of anilines is 1. The van der Waals surface area contributed by atoms with Crippen molar-refractivity contribution in [2.75, 3.05) is 31.5 Å². The highest BCUT2D eigenvalue weighted by atomic mass is 16.4. The monoisotopic (exact) mass is 559 g/mol. The lowest BCUT2D eigenvalue weighted by Crippen LogP contribution is -2.45. The Bertz CT molecular complexity index is 1510. The Hall–Kier alpha value is -4.67. The molecule has 0 radical (unpaired) electrons. The number of rotatable bonds is 6. The van der Waals surface area contributed by atoms with Gasteiger partial charge in [0.05, 0.1) is 12.1 Å². The molecular weight excluding hydrogens is 526 g/mol. The lowest BCUT2D eigenvalue weighted by atomic mass is 10.1. The average molecular weight is 560 g/mol. The number of benzene rings is 2. The molecule has 0 unspecified atom stereocenters. The number of carbonyl (C=O) groups is 4. The minimum absolute atomic E-state index is 0.0124. The average Bonchev–Trinajstić information content (AvgIpc) is 3.59. The molecule has 2 fully saturated rings. The van der Waals surface area contributed by atoms with Gasteiger partial charge in [0.2, 0.25) is 17.8 Å². The van der Waals surface area contributed by atoms with Crippen LogP contribution in [0.25, 0.3) is 11.0 Å². The zero-order valence-corrected chi connectivity index (χ0v) is 22.9. The summed E-state index contributed by atoms with van der Waals surface area (Å²) in [5.74, 6) is -1.26. The SMILES string of the molecule is Cc1cc2cc(NC(=N[C@H]3CCCCN(CC(=O)N4CCCC4)C3=O)NC(=O)c3cccc(C(=O)O)c3)ccc2o1. The van der Waals surface area contributed by atoms with E-state index in [2.05, 4.69) is 15.6 Å². The van der Waals surface area contributed by atoms with Crippen molar-refractivity contribution in [1.82, 2.24) is 15.1 Å². The molecule has 0 aliphatic carbocycles. The van der Waals surface area contributed by atoms with Crippen molar-refractivity contribution in [3.8, 4) is 0 Å². The van der Waals surface area contributed by atoms with Crippen molar-refractivity contribution < 1.29 is 28.7 Å². The summed E-state index contributed by atoms with van der Waals surface area (Å²) in [6.45, 7) is 3.76. The molecule has 0 bridgehead atoms. The van der Waals surface area contributed by atoms with E-state index < -0.39 is 17.9 Å². The van der Waals surface area contributed by atoms with Crippen LogP contribution in [0.2, 0.25) is 0 Å². The molecule has 3 N–H and O–H groups in total. The number of carboxylic acids is 1. The van der Waals surface area contributed by atoms with Gasteiger partial charge >= 0.3 is 5.97 Å². The maximum atomic E-state index is 13.6. The van der Waals surface area contributed by atoms with E-state index in [1.54, 1.807) is 21.9 Å². The van der Waals surface area contributed by atoms with E-state index in [1.165, 1.54) is 24.3 Å². The molecule has 2 saturated heterocycles. The zero-order chi connectivity index (χ0) is 28.9. The Morgan fingerprint density at radius 3 is 2.54 bits per heavy atom. The maximum Gasteiger partial charge on any atom is 0.335 e. The number of aliphatic imine (C=N–C) groups is 1. The summed E-state index contributed by atoms with van der Waals surface area (Å²) in [6, 6.07) is 12.2. The molecule has 3 amide bonds. The topological polar surface area (TPSA) is 145 Å². The molecule has 2 aliphatic rings. The van der Waals surface area contributed by atoms with Crippen LogP contribution in [0, 0.1) is 6.92 Å². The van der Waals surface area contributed by atoms with E-state index in [0.717, 1.165) is 36.8 Å². The molecule has 11 nitrogen and oxygen atoms in total. The Morgan fingerprint density at radius 1 is 1.00 bits per heavy atom. The molecule has 0 saturated carbocycles. The molecule has 11 heteroatoms. The summed E-state index contributed by atoms with van der Waals surface area (Å²) in [4.78, 5) is 59.0. The molecule has 5 rings (SSSR count). The standard InChI is InChI=1S/C30H33N5O6/c1-19-15-22-17-23(10-11-25(22)41-19)31-30(33-27(37)20-7-6-8-21(16-20)29(39)40)32-24-9-2-3-14-35(28(24)38)18-26(36)34-12-4-5-13-34/h6-8,10-11,15-17,24H,2-5,9,12-14,18H2,1H3,(H,39,40)(H2,31,32,33,37)/t24-/m0/s1. The van der Waals surface area contributed by atoms with Crippen LogP contribution >= 0.6 is 0 Å². The molecule has 3 aromatic rings. The molecule has 3 heterocycles. The van der Waals surface area contributed by atoms with Gasteiger partial charge in [0.1, 0.15) is 17.4 Å². The largest absolute Gasteiger partial charge is 0.478 e. The fourth-order valence-corrected chi connectivity index (χ4v) is 5.21. The quantitative estimate of drug-likeness (QED) is 0.309. The van der Waals surface area contributed by atoms with E-state index in [4.69, 9.17) is 4.42 Å². The van der Waals surface area contributed by atoms with Gasteiger partial charge in [0.25, 0.3) is 5.91 Å². The summed E-state index contributed by atoms with van der Waals surface area (Å²) in [6.07, 6.45) is 3.89. The Kier molecular flexibility index (Phi) is 8.32. The molecule has 1 atom stereocenters. The smallest absolute Gasteiger partial charge is 0.335 e. The highest BCUT2D eigenvalue weighted by Crippen LogP contribution is 2.23. The number of aryl methyl sites for hydroxylation is 1. The third kappa shape index (κ3) is 6.74. The Balaban J connectivity index is 1.41. The second-order valence-corrected chi connectivity index (χ2v) is 10.4. The first-order valence-electron chi connectivity index (χ1n) is 13.8. The normalized spacial score (nSPS) is 17.9. The van der Waals surface area contributed by atoms with Gasteiger partial charge in [-0.15, -0.1) is 0 Å². The van der Waals surface area contributed by atoms with Gasteiger partial charge in [-0.3, -0.25) is 19.7 Å². The third-order valence-corrected chi connectivity index (χ3v) is 7.33. The van der Waals surface area contributed by atoms with E-state index in [9.17, 15) is 24.3 Å². The van der Waals surface area contributed by atoms with E-state index in [-0.39, 0.29) is 35.4 Å². The molecule has 2 aliphatic heterocycles. The van der Waals surface area contributed by atoms with Crippen LogP contribution in [-0.2, 0) is 9.59 Å². The van der Waals surface area contributed by atoms with Gasteiger partial charge in [0, 0.05) is 36.3 Å². The number of hydrogen-bond donors (Lipinski definition) is 3. The molecule has 2 aromatic carbocycles. The van der Waals surface area contributed by atoms with Crippen molar-refractivity contribution in [2.24, 2.45) is 4.99 Å². The first-order chi connectivity index (χ1) is 19.8. The highest BCUT2D eigenvalue weighted by Gasteiger charge is 2.30. The van der Waals surface area contributed by atoms with Crippen LogP contribution in [0.15, 0.2) is 57.9 Å². The number of hydrogen-bond acceptors (Lipinski definition) is 6. The number of nitrogens with one attached hydrogen (secondary N) is 2. The van der Waals surface area contributed by atoms with Crippen molar-refractivity contribution in [3.63, 3.8) is 0 Å². The minimum Gasteiger partial charge on any atom is -0.478 e. The number of likely N-dealkylation sites (tertiary alicyclic amines) is 2. The molecular formula is C30H33N5O6. The van der Waals surface area contributed by atoms with Crippen molar-refractivity contribution in [1.29, 1.82) is 0 Å². The lowest BCUT2D eigenvalue weighted by Gasteiger charge is -2.25. The van der Waals surface area contributed by atoms with Gasteiger partial charge in [-0.1, -0.05) is 6.07 Å².